The van der Waals surface area contributed by atoms with Crippen molar-refractivity contribution in [2.24, 2.45) is 7.05 Å². The molecule has 7 nitrogen and oxygen atoms in total. The molecule has 0 radical (unpaired) electrons. The Morgan fingerprint density at radius 2 is 2.11 bits per heavy atom. The summed E-state index contributed by atoms with van der Waals surface area (Å²) in [5, 5.41) is 11.2. The highest BCUT2D eigenvalue weighted by molar-refractivity contribution is 5.81. The van der Waals surface area contributed by atoms with Gasteiger partial charge in [0.05, 0.1) is 25.3 Å². The van der Waals surface area contributed by atoms with E-state index in [1.165, 1.54) is 0 Å². The molecule has 19 heavy (non-hydrogen) atoms. The molecule has 0 aromatic carbocycles. The predicted octanol–water partition coefficient (Wildman–Crippen LogP) is -0.287. The van der Waals surface area contributed by atoms with Gasteiger partial charge in [-0.2, -0.15) is 0 Å². The third-order valence-corrected chi connectivity index (χ3v) is 3.33. The van der Waals surface area contributed by atoms with Crippen molar-refractivity contribution in [1.82, 2.24) is 25.0 Å². The van der Waals surface area contributed by atoms with E-state index in [-0.39, 0.29) is 18.0 Å². The fourth-order valence-electron chi connectivity index (χ4n) is 2.26. The van der Waals surface area contributed by atoms with Gasteiger partial charge in [0, 0.05) is 20.1 Å². The molecule has 0 spiro atoms. The second-order valence-electron chi connectivity index (χ2n) is 4.85. The third kappa shape index (κ3) is 3.30. The van der Waals surface area contributed by atoms with Crippen LogP contribution in [0.15, 0.2) is 6.33 Å². The molecule has 1 aliphatic rings. The molecule has 2 atom stereocenters. The highest BCUT2D eigenvalue weighted by Crippen LogP contribution is 2.09. The van der Waals surface area contributed by atoms with Gasteiger partial charge >= 0.3 is 0 Å². The fraction of sp³-hybridized carbons (Fsp3) is 0.750. The van der Waals surface area contributed by atoms with Crippen LogP contribution >= 0.6 is 0 Å². The summed E-state index contributed by atoms with van der Waals surface area (Å²) in [6.45, 7) is 6.44. The number of carbonyl (C=O) groups excluding carboxylic acids is 1. The second kappa shape index (κ2) is 6.12. The Hall–Kier alpha value is -1.47. The summed E-state index contributed by atoms with van der Waals surface area (Å²) in [6.07, 6.45) is 1.65. The van der Waals surface area contributed by atoms with Gasteiger partial charge in [0.15, 0.2) is 0 Å². The minimum Gasteiger partial charge on any atom is -0.378 e. The van der Waals surface area contributed by atoms with Crippen LogP contribution in [0.2, 0.25) is 0 Å². The van der Waals surface area contributed by atoms with E-state index in [0.29, 0.717) is 26.3 Å². The first-order valence-corrected chi connectivity index (χ1v) is 6.56. The monoisotopic (exact) mass is 267 g/mol. The van der Waals surface area contributed by atoms with E-state index >= 15 is 0 Å². The molecular formula is C12H21N5O2. The number of ether oxygens (including phenoxy) is 1. The van der Waals surface area contributed by atoms with Crippen LogP contribution in [0.3, 0.4) is 0 Å². The summed E-state index contributed by atoms with van der Waals surface area (Å²) in [5.74, 6) is 0.930. The number of aryl methyl sites for hydroxylation is 1. The van der Waals surface area contributed by atoms with Crippen molar-refractivity contribution in [3.05, 3.63) is 12.2 Å². The first-order chi connectivity index (χ1) is 9.09. The van der Waals surface area contributed by atoms with E-state index in [1.54, 1.807) is 6.33 Å². The van der Waals surface area contributed by atoms with Crippen LogP contribution < -0.4 is 5.32 Å². The Bertz CT molecular complexity index is 428. The number of rotatable bonds is 4. The zero-order valence-corrected chi connectivity index (χ0v) is 11.7. The molecule has 1 aromatic heterocycles. The van der Waals surface area contributed by atoms with Crippen LogP contribution in [0.25, 0.3) is 0 Å². The smallest absolute Gasteiger partial charge is 0.239 e. The predicted molar refractivity (Wildman–Crippen MR) is 69.4 cm³/mol. The van der Waals surface area contributed by atoms with Gasteiger partial charge in [-0.05, 0) is 13.8 Å². The van der Waals surface area contributed by atoms with Crippen LogP contribution in [0.4, 0.5) is 0 Å². The number of morpholine rings is 1. The van der Waals surface area contributed by atoms with E-state index < -0.39 is 0 Å². The van der Waals surface area contributed by atoms with Gasteiger partial charge in [-0.3, -0.25) is 10.1 Å². The standard InChI is InChI=1S/C12H21N5O2/c1-9(11-15-13-8-16(11)3)14-10(2)12(18)17-4-6-19-7-5-17/h8-10,14H,4-7H2,1-3H3. The third-order valence-electron chi connectivity index (χ3n) is 3.33. The molecule has 0 saturated carbocycles. The molecule has 1 aliphatic heterocycles. The van der Waals surface area contributed by atoms with Crippen molar-refractivity contribution in [3.63, 3.8) is 0 Å². The fourth-order valence-corrected chi connectivity index (χ4v) is 2.26. The number of nitrogens with zero attached hydrogens (tertiary/aromatic N) is 4. The molecular weight excluding hydrogens is 246 g/mol. The molecule has 2 rings (SSSR count). The maximum absolute atomic E-state index is 12.3. The van der Waals surface area contributed by atoms with Crippen LogP contribution in [-0.4, -0.2) is 57.9 Å². The normalized spacial score (nSPS) is 19.2. The van der Waals surface area contributed by atoms with Gasteiger partial charge in [0.2, 0.25) is 5.91 Å². The van der Waals surface area contributed by atoms with Crippen molar-refractivity contribution >= 4 is 5.91 Å². The van der Waals surface area contributed by atoms with Gasteiger partial charge in [-0.15, -0.1) is 10.2 Å². The van der Waals surface area contributed by atoms with Crippen molar-refractivity contribution in [2.75, 3.05) is 26.3 Å². The summed E-state index contributed by atoms with van der Waals surface area (Å²) >= 11 is 0. The molecule has 1 saturated heterocycles. The second-order valence-corrected chi connectivity index (χ2v) is 4.85. The Morgan fingerprint density at radius 1 is 1.42 bits per heavy atom. The van der Waals surface area contributed by atoms with E-state index in [0.717, 1.165) is 5.82 Å². The summed E-state index contributed by atoms with van der Waals surface area (Å²) in [6, 6.07) is -0.266. The molecule has 1 amide bonds. The molecule has 0 bridgehead atoms. The Balaban J connectivity index is 1.91. The van der Waals surface area contributed by atoms with Crippen LogP contribution in [0.1, 0.15) is 25.7 Å². The largest absolute Gasteiger partial charge is 0.378 e. The molecule has 2 unspecified atom stereocenters. The zero-order valence-electron chi connectivity index (χ0n) is 11.7. The topological polar surface area (TPSA) is 72.3 Å². The zero-order chi connectivity index (χ0) is 13.8. The highest BCUT2D eigenvalue weighted by atomic mass is 16.5. The molecule has 7 heteroatoms. The van der Waals surface area contributed by atoms with Gasteiger partial charge in [0.25, 0.3) is 0 Å². The molecule has 1 aromatic rings. The van der Waals surface area contributed by atoms with E-state index in [9.17, 15) is 4.79 Å². The maximum atomic E-state index is 12.3. The lowest BCUT2D eigenvalue weighted by atomic mass is 10.2. The lowest BCUT2D eigenvalue weighted by molar-refractivity contribution is -0.137. The van der Waals surface area contributed by atoms with Gasteiger partial charge < -0.3 is 14.2 Å². The van der Waals surface area contributed by atoms with Gasteiger partial charge in [-0.25, -0.2) is 0 Å². The van der Waals surface area contributed by atoms with Crippen molar-refractivity contribution in [1.29, 1.82) is 0 Å². The van der Waals surface area contributed by atoms with Crippen molar-refractivity contribution < 1.29 is 9.53 Å². The number of hydrogen-bond acceptors (Lipinski definition) is 5. The summed E-state index contributed by atoms with van der Waals surface area (Å²) in [4.78, 5) is 14.1. The quantitative estimate of drug-likeness (QED) is 0.812. The molecule has 0 aliphatic carbocycles. The van der Waals surface area contributed by atoms with Crippen LogP contribution in [-0.2, 0) is 16.6 Å². The maximum Gasteiger partial charge on any atom is 0.239 e. The lowest BCUT2D eigenvalue weighted by Gasteiger charge is -2.30. The summed E-state index contributed by atoms with van der Waals surface area (Å²) < 4.78 is 7.10. The number of amides is 1. The average Bonchev–Trinajstić information content (AvgIpc) is 2.85. The van der Waals surface area contributed by atoms with E-state index in [2.05, 4.69) is 15.5 Å². The van der Waals surface area contributed by atoms with Gasteiger partial charge in [0.1, 0.15) is 12.2 Å². The Morgan fingerprint density at radius 3 is 2.68 bits per heavy atom. The molecule has 106 valence electrons. The van der Waals surface area contributed by atoms with Crippen LogP contribution in [0, 0.1) is 0 Å². The van der Waals surface area contributed by atoms with E-state index in [1.807, 2.05) is 30.4 Å². The summed E-state index contributed by atoms with van der Waals surface area (Å²) in [7, 11) is 1.89. The number of aromatic nitrogens is 3. The van der Waals surface area contributed by atoms with E-state index in [4.69, 9.17) is 4.74 Å². The molecule has 1 N–H and O–H groups in total. The SMILES string of the molecule is CC(NC(C)c1nncn1C)C(=O)N1CCOCC1. The average molecular weight is 267 g/mol. The van der Waals surface area contributed by atoms with Crippen molar-refractivity contribution in [3.8, 4) is 0 Å². The Kier molecular flexibility index (Phi) is 4.49. The number of hydrogen-bond donors (Lipinski definition) is 1. The Labute approximate surface area is 112 Å². The molecule has 1 fully saturated rings. The van der Waals surface area contributed by atoms with Gasteiger partial charge in [-0.1, -0.05) is 0 Å². The first-order valence-electron chi connectivity index (χ1n) is 6.56. The number of nitrogens with one attached hydrogen (secondary N) is 1. The number of carbonyl (C=O) groups is 1. The minimum absolute atomic E-state index is 0.0208. The first kappa shape index (κ1) is 14.0. The highest BCUT2D eigenvalue weighted by Gasteiger charge is 2.24. The molecule has 2 heterocycles. The lowest BCUT2D eigenvalue weighted by Crippen LogP contribution is -2.49. The van der Waals surface area contributed by atoms with Crippen molar-refractivity contribution in [2.45, 2.75) is 25.9 Å². The van der Waals surface area contributed by atoms with Crippen LogP contribution in [0.5, 0.6) is 0 Å². The minimum atomic E-state index is -0.246. The summed E-state index contributed by atoms with van der Waals surface area (Å²) in [5.41, 5.74) is 0.